The number of aromatic nitrogens is 6. The summed E-state index contributed by atoms with van der Waals surface area (Å²) >= 11 is 5.92. The van der Waals surface area contributed by atoms with Crippen molar-refractivity contribution in [2.75, 3.05) is 17.6 Å². The van der Waals surface area contributed by atoms with E-state index in [0.29, 0.717) is 41.1 Å². The van der Waals surface area contributed by atoms with E-state index in [4.69, 9.17) is 22.3 Å². The fourth-order valence-electron chi connectivity index (χ4n) is 4.84. The number of benzene rings is 1. The quantitative estimate of drug-likeness (QED) is 0.306. The molecule has 1 saturated heterocycles. The van der Waals surface area contributed by atoms with Crippen molar-refractivity contribution in [3.05, 3.63) is 95.4 Å². The third kappa shape index (κ3) is 4.69. The summed E-state index contributed by atoms with van der Waals surface area (Å²) in [5.41, 5.74) is 8.69. The van der Waals surface area contributed by atoms with Gasteiger partial charge in [-0.15, -0.1) is 0 Å². The second-order valence-corrected chi connectivity index (χ2v) is 9.45. The molecule has 0 spiro atoms. The molecule has 0 radical (unpaired) electrons. The lowest BCUT2D eigenvalue weighted by Crippen LogP contribution is -2.32. The number of likely N-dealkylation sites (tertiary alicyclic amines) is 1. The van der Waals surface area contributed by atoms with Gasteiger partial charge in [-0.05, 0) is 48.7 Å². The van der Waals surface area contributed by atoms with Gasteiger partial charge in [0.15, 0.2) is 0 Å². The first-order chi connectivity index (χ1) is 19.4. The molecule has 0 unspecified atom stereocenters. The number of rotatable bonds is 5. The first-order valence-corrected chi connectivity index (χ1v) is 12.7. The fourth-order valence-corrected chi connectivity index (χ4v) is 4.99. The van der Waals surface area contributed by atoms with E-state index in [1.165, 1.54) is 24.5 Å². The SMILES string of the molecule is Nc1nccn2c([C@@H]3CCCN3C(=O)c3ccnc(Cl)n3)nc(-c3ccc(C(=O)Nc4cc(F)ccn4)cc3)c12. The van der Waals surface area contributed by atoms with E-state index >= 15 is 0 Å². The van der Waals surface area contributed by atoms with Gasteiger partial charge < -0.3 is 16.0 Å². The number of imidazole rings is 1. The Hall–Kier alpha value is -4.97. The summed E-state index contributed by atoms with van der Waals surface area (Å²) in [4.78, 5) is 48.8. The number of fused-ring (bicyclic) bond motifs is 1. The van der Waals surface area contributed by atoms with Crippen molar-refractivity contribution in [2.45, 2.75) is 18.9 Å². The Kier molecular flexibility index (Phi) is 6.52. The molecule has 5 aromatic rings. The van der Waals surface area contributed by atoms with E-state index in [0.717, 1.165) is 12.5 Å². The molecule has 6 rings (SSSR count). The molecule has 13 heteroatoms. The molecule has 0 aliphatic carbocycles. The number of halogens is 2. The van der Waals surface area contributed by atoms with Gasteiger partial charge in [0.25, 0.3) is 11.8 Å². The lowest BCUT2D eigenvalue weighted by molar-refractivity contribution is 0.0723. The van der Waals surface area contributed by atoms with E-state index in [1.807, 2.05) is 4.40 Å². The largest absolute Gasteiger partial charge is 0.382 e. The van der Waals surface area contributed by atoms with Crippen molar-refractivity contribution in [3.63, 3.8) is 0 Å². The minimum absolute atomic E-state index is 0.00156. The molecule has 5 heterocycles. The van der Waals surface area contributed by atoms with Gasteiger partial charge in [-0.1, -0.05) is 12.1 Å². The van der Waals surface area contributed by atoms with Gasteiger partial charge in [-0.25, -0.2) is 29.3 Å². The number of carbonyl (C=O) groups excluding carboxylic acids is 2. The summed E-state index contributed by atoms with van der Waals surface area (Å²) in [6.45, 7) is 0.528. The number of hydrogen-bond donors (Lipinski definition) is 2. The van der Waals surface area contributed by atoms with Crippen LogP contribution in [-0.4, -0.2) is 52.6 Å². The van der Waals surface area contributed by atoms with E-state index < -0.39 is 11.7 Å². The third-order valence-corrected chi connectivity index (χ3v) is 6.83. The highest BCUT2D eigenvalue weighted by molar-refractivity contribution is 6.28. The topological polar surface area (TPSA) is 144 Å². The summed E-state index contributed by atoms with van der Waals surface area (Å²) in [6, 6.07) is 10.3. The summed E-state index contributed by atoms with van der Waals surface area (Å²) in [6.07, 6.45) is 7.53. The number of carbonyl (C=O) groups is 2. The zero-order valence-corrected chi connectivity index (χ0v) is 21.6. The third-order valence-electron chi connectivity index (χ3n) is 6.65. The summed E-state index contributed by atoms with van der Waals surface area (Å²) in [5, 5.41) is 2.57. The molecule has 1 aliphatic rings. The number of anilines is 2. The normalized spacial score (nSPS) is 14.9. The highest BCUT2D eigenvalue weighted by Crippen LogP contribution is 2.37. The molecule has 1 fully saturated rings. The van der Waals surface area contributed by atoms with Crippen LogP contribution in [0.15, 0.2) is 67.3 Å². The van der Waals surface area contributed by atoms with Crippen LogP contribution in [-0.2, 0) is 0 Å². The van der Waals surface area contributed by atoms with Gasteiger partial charge in [-0.3, -0.25) is 14.0 Å². The van der Waals surface area contributed by atoms with Crippen LogP contribution < -0.4 is 11.1 Å². The molecular weight excluding hydrogens is 537 g/mol. The lowest BCUT2D eigenvalue weighted by atomic mass is 10.1. The van der Waals surface area contributed by atoms with Gasteiger partial charge in [0, 0.05) is 48.5 Å². The number of nitrogens with two attached hydrogens (primary N) is 1. The maximum absolute atomic E-state index is 13.5. The minimum atomic E-state index is -0.502. The maximum atomic E-state index is 13.5. The van der Waals surface area contributed by atoms with E-state index in [9.17, 15) is 14.0 Å². The van der Waals surface area contributed by atoms with Crippen molar-refractivity contribution in [3.8, 4) is 11.3 Å². The van der Waals surface area contributed by atoms with Gasteiger partial charge in [0.05, 0.1) is 6.04 Å². The molecule has 11 nitrogen and oxygen atoms in total. The van der Waals surface area contributed by atoms with Crippen molar-refractivity contribution in [1.29, 1.82) is 0 Å². The average molecular weight is 558 g/mol. The number of pyridine rings is 1. The standard InChI is InChI=1S/C27H21ClFN9O2/c28-27-33-10-8-18(34-27)26(40)37-12-1-2-19(37)24-36-21(22-23(30)32-11-13-38(22)24)15-3-5-16(6-4-15)25(39)35-20-14-17(29)7-9-31-20/h3-11,13-14,19H,1-2,12H2,(H2,30,32)(H,31,35,39)/t19-/m0/s1. The number of nitrogens with zero attached hydrogens (tertiary/aromatic N) is 7. The Morgan fingerprint density at radius 1 is 1.02 bits per heavy atom. The van der Waals surface area contributed by atoms with E-state index in [1.54, 1.807) is 41.6 Å². The van der Waals surface area contributed by atoms with Gasteiger partial charge in [0.2, 0.25) is 5.28 Å². The van der Waals surface area contributed by atoms with Crippen LogP contribution in [0.1, 0.15) is 45.6 Å². The van der Waals surface area contributed by atoms with Crippen LogP contribution in [0, 0.1) is 5.82 Å². The molecule has 200 valence electrons. The van der Waals surface area contributed by atoms with Gasteiger partial charge >= 0.3 is 0 Å². The predicted octanol–water partition coefficient (Wildman–Crippen LogP) is 4.19. The number of nitrogen functional groups attached to an aromatic ring is 1. The van der Waals surface area contributed by atoms with Gasteiger partial charge in [-0.2, -0.15) is 0 Å². The Morgan fingerprint density at radius 3 is 2.60 bits per heavy atom. The van der Waals surface area contributed by atoms with Crippen molar-refractivity contribution >= 4 is 40.6 Å². The van der Waals surface area contributed by atoms with Crippen LogP contribution in [0.2, 0.25) is 5.28 Å². The van der Waals surface area contributed by atoms with E-state index in [2.05, 4.69) is 25.3 Å². The molecule has 1 atom stereocenters. The molecule has 3 N–H and O–H groups in total. The number of nitrogens with one attached hydrogen (secondary N) is 1. The fraction of sp³-hybridized carbons (Fsp3) is 0.148. The second-order valence-electron chi connectivity index (χ2n) is 9.11. The molecular formula is C27H21ClFN9O2. The molecule has 1 aromatic carbocycles. The Bertz CT molecular complexity index is 1760. The minimum Gasteiger partial charge on any atom is -0.382 e. The molecule has 0 bridgehead atoms. The molecule has 1 aliphatic heterocycles. The zero-order chi connectivity index (χ0) is 27.8. The molecule has 2 amide bonds. The monoisotopic (exact) mass is 557 g/mol. The summed E-state index contributed by atoms with van der Waals surface area (Å²) in [5.74, 6) is -0.200. The van der Waals surface area contributed by atoms with E-state index in [-0.39, 0.29) is 34.6 Å². The van der Waals surface area contributed by atoms with Gasteiger partial charge in [0.1, 0.15) is 40.2 Å². The van der Waals surface area contributed by atoms with Crippen LogP contribution in [0.4, 0.5) is 16.0 Å². The number of hydrogen-bond acceptors (Lipinski definition) is 8. The average Bonchev–Trinajstić information content (AvgIpc) is 3.58. The van der Waals surface area contributed by atoms with Crippen molar-refractivity contribution in [1.82, 2.24) is 34.2 Å². The Balaban J connectivity index is 1.34. The van der Waals surface area contributed by atoms with Crippen molar-refractivity contribution in [2.24, 2.45) is 0 Å². The first-order valence-electron chi connectivity index (χ1n) is 12.3. The summed E-state index contributed by atoms with van der Waals surface area (Å²) < 4.78 is 15.3. The Morgan fingerprint density at radius 2 is 1.82 bits per heavy atom. The maximum Gasteiger partial charge on any atom is 0.273 e. The molecule has 4 aromatic heterocycles. The van der Waals surface area contributed by atoms with Crippen LogP contribution in [0.5, 0.6) is 0 Å². The highest BCUT2D eigenvalue weighted by atomic mass is 35.5. The number of amides is 2. The molecule has 40 heavy (non-hydrogen) atoms. The summed E-state index contributed by atoms with van der Waals surface area (Å²) in [7, 11) is 0. The van der Waals surface area contributed by atoms with Crippen molar-refractivity contribution < 1.29 is 14.0 Å². The van der Waals surface area contributed by atoms with Crippen LogP contribution in [0.3, 0.4) is 0 Å². The zero-order valence-electron chi connectivity index (χ0n) is 20.8. The van der Waals surface area contributed by atoms with Crippen LogP contribution >= 0.6 is 11.6 Å². The lowest BCUT2D eigenvalue weighted by Gasteiger charge is -2.23. The molecule has 0 saturated carbocycles. The second kappa shape index (κ2) is 10.3. The smallest absolute Gasteiger partial charge is 0.273 e. The highest BCUT2D eigenvalue weighted by Gasteiger charge is 2.35. The van der Waals surface area contributed by atoms with Crippen LogP contribution in [0.25, 0.3) is 16.8 Å². The predicted molar refractivity (Wildman–Crippen MR) is 145 cm³/mol. The first kappa shape index (κ1) is 25.3. The Labute approximate surface area is 231 Å².